The van der Waals surface area contributed by atoms with Crippen molar-refractivity contribution in [2.75, 3.05) is 0 Å². The third kappa shape index (κ3) is 2.37. The highest BCUT2D eigenvalue weighted by Gasteiger charge is 2.48. The third-order valence-corrected chi connectivity index (χ3v) is 4.45. The second-order valence-electron chi connectivity index (χ2n) is 5.95. The summed E-state index contributed by atoms with van der Waals surface area (Å²) >= 11 is 0. The molecule has 0 aliphatic heterocycles. The lowest BCUT2D eigenvalue weighted by atomic mass is 9.64. The lowest BCUT2D eigenvalue weighted by Gasteiger charge is -2.49. The van der Waals surface area contributed by atoms with Gasteiger partial charge in [-0.25, -0.2) is 0 Å². The Kier molecular flexibility index (Phi) is 3.25. The Morgan fingerprint density at radius 3 is 2.41 bits per heavy atom. The van der Waals surface area contributed by atoms with Crippen molar-refractivity contribution in [3.8, 4) is 0 Å². The fourth-order valence-electron chi connectivity index (χ4n) is 2.64. The van der Waals surface area contributed by atoms with Crippen LogP contribution in [0.15, 0.2) is 0 Å². The van der Waals surface area contributed by atoms with E-state index >= 15 is 0 Å². The van der Waals surface area contributed by atoms with Gasteiger partial charge in [0.1, 0.15) is 5.78 Å². The first-order valence-corrected chi connectivity index (χ1v) is 6.41. The van der Waals surface area contributed by atoms with Crippen LogP contribution in [0.25, 0.3) is 0 Å². The first-order chi connectivity index (χ1) is 7.91. The number of amides is 1. The van der Waals surface area contributed by atoms with E-state index in [4.69, 9.17) is 0 Å². The van der Waals surface area contributed by atoms with Gasteiger partial charge >= 0.3 is 0 Å². The van der Waals surface area contributed by atoms with Crippen LogP contribution in [0.4, 0.5) is 0 Å². The molecule has 0 spiro atoms. The van der Waals surface area contributed by atoms with Gasteiger partial charge in [-0.1, -0.05) is 13.8 Å². The number of carbonyl (C=O) groups is 2. The van der Waals surface area contributed by atoms with E-state index in [9.17, 15) is 14.7 Å². The predicted molar refractivity (Wildman–Crippen MR) is 63.3 cm³/mol. The normalized spacial score (nSPS) is 33.0. The van der Waals surface area contributed by atoms with Crippen molar-refractivity contribution in [3.63, 3.8) is 0 Å². The molecule has 2 atom stereocenters. The molecule has 0 bridgehead atoms. The maximum absolute atomic E-state index is 12.0. The molecule has 96 valence electrons. The zero-order chi connectivity index (χ0) is 12.6. The summed E-state index contributed by atoms with van der Waals surface area (Å²) in [5.74, 6) is 0.317. The monoisotopic (exact) mass is 239 g/mol. The number of aliphatic hydroxyl groups excluding tert-OH is 1. The molecule has 2 N–H and O–H groups in total. The number of carbonyl (C=O) groups excluding carboxylic acids is 2. The zero-order valence-electron chi connectivity index (χ0n) is 10.5. The minimum Gasteiger partial charge on any atom is -0.392 e. The second-order valence-corrected chi connectivity index (χ2v) is 5.95. The molecule has 0 heterocycles. The second kappa shape index (κ2) is 4.41. The molecule has 2 fully saturated rings. The summed E-state index contributed by atoms with van der Waals surface area (Å²) < 4.78 is 0. The summed E-state index contributed by atoms with van der Waals surface area (Å²) in [5.41, 5.74) is -0.222. The van der Waals surface area contributed by atoms with E-state index in [-0.39, 0.29) is 35.2 Å². The molecule has 0 aromatic carbocycles. The van der Waals surface area contributed by atoms with Crippen molar-refractivity contribution >= 4 is 11.7 Å². The minimum absolute atomic E-state index is 0.0127. The number of aliphatic hydroxyl groups is 1. The predicted octanol–water partition coefficient (Wildman–Crippen LogP) is 1.02. The molecule has 0 aromatic heterocycles. The summed E-state index contributed by atoms with van der Waals surface area (Å²) in [6, 6.07) is 0.0719. The van der Waals surface area contributed by atoms with Crippen molar-refractivity contribution in [2.24, 2.45) is 11.3 Å². The average Bonchev–Trinajstić information content (AvgIpc) is 2.29. The van der Waals surface area contributed by atoms with Crippen molar-refractivity contribution < 1.29 is 14.7 Å². The Hall–Kier alpha value is -0.900. The van der Waals surface area contributed by atoms with Crippen LogP contribution in [-0.2, 0) is 9.59 Å². The summed E-state index contributed by atoms with van der Waals surface area (Å²) in [4.78, 5) is 23.1. The largest absolute Gasteiger partial charge is 0.392 e. The molecule has 2 rings (SSSR count). The topological polar surface area (TPSA) is 66.4 Å². The van der Waals surface area contributed by atoms with Crippen LogP contribution in [0.5, 0.6) is 0 Å². The highest BCUT2D eigenvalue weighted by molar-refractivity contribution is 5.84. The van der Waals surface area contributed by atoms with Gasteiger partial charge in [0.15, 0.2) is 0 Å². The van der Waals surface area contributed by atoms with Crippen molar-refractivity contribution in [3.05, 3.63) is 0 Å². The van der Waals surface area contributed by atoms with Crippen LogP contribution in [0, 0.1) is 11.3 Å². The van der Waals surface area contributed by atoms with Gasteiger partial charge < -0.3 is 10.4 Å². The van der Waals surface area contributed by atoms with Crippen LogP contribution in [0.3, 0.4) is 0 Å². The first kappa shape index (κ1) is 12.6. The third-order valence-electron chi connectivity index (χ3n) is 4.45. The highest BCUT2D eigenvalue weighted by Crippen LogP contribution is 2.40. The number of hydrogen-bond donors (Lipinski definition) is 2. The van der Waals surface area contributed by atoms with Crippen molar-refractivity contribution in [1.82, 2.24) is 5.32 Å². The van der Waals surface area contributed by atoms with Crippen LogP contribution < -0.4 is 5.32 Å². The summed E-state index contributed by atoms with van der Waals surface area (Å²) in [7, 11) is 0. The quantitative estimate of drug-likeness (QED) is 0.756. The molecule has 2 aliphatic carbocycles. The molecular formula is C13H21NO3. The Morgan fingerprint density at radius 1 is 1.35 bits per heavy atom. The summed E-state index contributed by atoms with van der Waals surface area (Å²) in [5, 5.41) is 12.6. The molecule has 17 heavy (non-hydrogen) atoms. The van der Waals surface area contributed by atoms with Crippen LogP contribution in [0.1, 0.15) is 46.0 Å². The first-order valence-electron chi connectivity index (χ1n) is 6.41. The lowest BCUT2D eigenvalue weighted by Crippen LogP contribution is -2.61. The van der Waals surface area contributed by atoms with Crippen molar-refractivity contribution in [1.29, 1.82) is 0 Å². The van der Waals surface area contributed by atoms with E-state index in [1.807, 2.05) is 13.8 Å². The molecule has 0 saturated heterocycles. The van der Waals surface area contributed by atoms with Gasteiger partial charge in [-0.05, 0) is 19.3 Å². The minimum atomic E-state index is -0.319. The van der Waals surface area contributed by atoms with Crippen molar-refractivity contribution in [2.45, 2.75) is 58.1 Å². The SMILES string of the molecule is CC1(C)[C@H](O)C[C@@H]1NC(=O)C1CCC(=O)CC1. The molecule has 1 amide bonds. The number of rotatable bonds is 2. The molecule has 4 nitrogen and oxygen atoms in total. The number of Topliss-reactive ketones (excluding diaryl/α,β-unsaturated/α-hetero) is 1. The Balaban J connectivity index is 1.84. The van der Waals surface area contributed by atoms with Gasteiger partial charge in [-0.15, -0.1) is 0 Å². The Labute approximate surface area is 102 Å². The van der Waals surface area contributed by atoms with Gasteiger partial charge in [-0.3, -0.25) is 9.59 Å². The maximum Gasteiger partial charge on any atom is 0.223 e. The summed E-state index contributed by atoms with van der Waals surface area (Å²) in [6.45, 7) is 3.94. The van der Waals surface area contributed by atoms with Gasteiger partial charge in [-0.2, -0.15) is 0 Å². The zero-order valence-corrected chi connectivity index (χ0v) is 10.5. The Morgan fingerprint density at radius 2 is 1.94 bits per heavy atom. The van der Waals surface area contributed by atoms with Crippen LogP contribution in [-0.4, -0.2) is 28.9 Å². The average molecular weight is 239 g/mol. The summed E-state index contributed by atoms with van der Waals surface area (Å²) in [6.07, 6.45) is 2.76. The van der Waals surface area contributed by atoms with E-state index in [0.717, 1.165) is 0 Å². The van der Waals surface area contributed by atoms with Gasteiger partial charge in [0.2, 0.25) is 5.91 Å². The van der Waals surface area contributed by atoms with Gasteiger partial charge in [0, 0.05) is 30.2 Å². The molecule has 2 aliphatic rings. The highest BCUT2D eigenvalue weighted by atomic mass is 16.3. The fraction of sp³-hybridized carbons (Fsp3) is 0.846. The van der Waals surface area contributed by atoms with Crippen LogP contribution >= 0.6 is 0 Å². The molecule has 0 aromatic rings. The maximum atomic E-state index is 12.0. The molecule has 0 unspecified atom stereocenters. The molecule has 0 radical (unpaired) electrons. The standard InChI is InChI=1S/C13H21NO3/c1-13(2)10(7-11(13)16)14-12(17)8-3-5-9(15)6-4-8/h8,10-11,16H,3-7H2,1-2H3,(H,14,17)/t10-,11+/m0/s1. The smallest absolute Gasteiger partial charge is 0.223 e. The Bertz CT molecular complexity index is 328. The lowest BCUT2D eigenvalue weighted by molar-refractivity contribution is -0.135. The number of nitrogens with one attached hydrogen (secondary N) is 1. The van der Waals surface area contributed by atoms with Gasteiger partial charge in [0.25, 0.3) is 0 Å². The molecule has 4 heteroatoms. The number of ketones is 1. The van der Waals surface area contributed by atoms with E-state index in [1.54, 1.807) is 0 Å². The van der Waals surface area contributed by atoms with E-state index in [1.165, 1.54) is 0 Å². The van der Waals surface area contributed by atoms with Gasteiger partial charge in [0.05, 0.1) is 6.10 Å². The fourth-order valence-corrected chi connectivity index (χ4v) is 2.64. The van der Waals surface area contributed by atoms with Crippen LogP contribution in [0.2, 0.25) is 0 Å². The molecular weight excluding hydrogens is 218 g/mol. The number of hydrogen-bond acceptors (Lipinski definition) is 3. The van der Waals surface area contributed by atoms with E-state index in [2.05, 4.69) is 5.32 Å². The van der Waals surface area contributed by atoms with E-state index in [0.29, 0.717) is 32.1 Å². The molecule has 2 saturated carbocycles. The van der Waals surface area contributed by atoms with E-state index < -0.39 is 0 Å².